The van der Waals surface area contributed by atoms with Gasteiger partial charge in [0, 0.05) is 29.5 Å². The van der Waals surface area contributed by atoms with E-state index >= 15 is 0 Å². The zero-order valence-electron chi connectivity index (χ0n) is 14.1. The maximum Gasteiger partial charge on any atom is 0.182 e. The summed E-state index contributed by atoms with van der Waals surface area (Å²) in [6.45, 7) is 2.98. The van der Waals surface area contributed by atoms with Crippen molar-refractivity contribution in [1.29, 1.82) is 0 Å². The van der Waals surface area contributed by atoms with Crippen LogP contribution in [-0.2, 0) is 14.6 Å². The highest BCUT2D eigenvalue weighted by molar-refractivity contribution is 7.92. The second-order valence-electron chi connectivity index (χ2n) is 6.38. The van der Waals surface area contributed by atoms with Crippen molar-refractivity contribution >= 4 is 21.4 Å². The summed E-state index contributed by atoms with van der Waals surface area (Å²) in [5.74, 6) is -0.202. The number of nitrogens with two attached hydrogens (primary N) is 1. The molecule has 3 rings (SSSR count). The third-order valence-corrected chi connectivity index (χ3v) is 7.56. The van der Waals surface area contributed by atoms with Crippen LogP contribution in [0, 0.1) is 5.41 Å². The van der Waals surface area contributed by atoms with E-state index in [-0.39, 0.29) is 12.5 Å². The van der Waals surface area contributed by atoms with Crippen LogP contribution in [0.4, 0.5) is 0 Å². The van der Waals surface area contributed by atoms with E-state index < -0.39 is 20.5 Å². The quantitative estimate of drug-likeness (QED) is 0.801. The van der Waals surface area contributed by atoms with Gasteiger partial charge in [-0.15, -0.1) is 0 Å². The minimum Gasteiger partial charge on any atom is -0.381 e. The van der Waals surface area contributed by atoms with Crippen LogP contribution in [0.2, 0.25) is 5.02 Å². The van der Waals surface area contributed by atoms with Gasteiger partial charge < -0.3 is 10.5 Å². The second-order valence-corrected chi connectivity index (χ2v) is 8.89. The molecule has 1 saturated carbocycles. The number of ether oxygens (including phenoxy) is 1. The summed E-state index contributed by atoms with van der Waals surface area (Å²) >= 11 is 5.98. The number of halogens is 1. The standard InChI is InChI=1S/C19H22ClNO3S/c1-2-24-13-19(12-21)17(14-8-10-15(20)11-9-14)18(19)25(22,23)16-6-4-3-5-7-16/h3-11,17-18H,2,12-13,21H2,1H3/t17-,18+,19-/m1/s1. The Labute approximate surface area is 153 Å². The zero-order chi connectivity index (χ0) is 18.1. The zero-order valence-corrected chi connectivity index (χ0v) is 15.6. The lowest BCUT2D eigenvalue weighted by Crippen LogP contribution is -2.29. The highest BCUT2D eigenvalue weighted by Gasteiger charge is 2.70. The molecule has 0 heterocycles. The Balaban J connectivity index is 2.04. The number of sulfone groups is 1. The molecule has 0 amide bonds. The molecule has 25 heavy (non-hydrogen) atoms. The summed E-state index contributed by atoms with van der Waals surface area (Å²) in [4.78, 5) is 0.325. The smallest absolute Gasteiger partial charge is 0.182 e. The summed E-state index contributed by atoms with van der Waals surface area (Å²) in [6.07, 6.45) is 0. The second kappa shape index (κ2) is 7.08. The van der Waals surface area contributed by atoms with Crippen LogP contribution < -0.4 is 5.73 Å². The molecule has 0 bridgehead atoms. The summed E-state index contributed by atoms with van der Waals surface area (Å²) in [6, 6.07) is 15.9. The molecule has 0 radical (unpaired) electrons. The molecule has 3 atom stereocenters. The van der Waals surface area contributed by atoms with E-state index in [0.717, 1.165) is 5.56 Å². The fraction of sp³-hybridized carbons (Fsp3) is 0.368. The van der Waals surface area contributed by atoms with Crippen LogP contribution in [-0.4, -0.2) is 33.4 Å². The van der Waals surface area contributed by atoms with Crippen molar-refractivity contribution < 1.29 is 13.2 Å². The summed E-state index contributed by atoms with van der Waals surface area (Å²) < 4.78 is 32.1. The van der Waals surface area contributed by atoms with Crippen molar-refractivity contribution in [3.8, 4) is 0 Å². The van der Waals surface area contributed by atoms with E-state index in [1.807, 2.05) is 19.1 Å². The van der Waals surface area contributed by atoms with Gasteiger partial charge in [0.2, 0.25) is 0 Å². The van der Waals surface area contributed by atoms with E-state index in [9.17, 15) is 8.42 Å². The molecule has 134 valence electrons. The number of rotatable bonds is 7. The molecule has 2 N–H and O–H groups in total. The lowest BCUT2D eigenvalue weighted by Gasteiger charge is -2.16. The lowest BCUT2D eigenvalue weighted by molar-refractivity contribution is 0.101. The first-order chi connectivity index (χ1) is 12.0. The highest BCUT2D eigenvalue weighted by atomic mass is 35.5. The summed E-state index contributed by atoms with van der Waals surface area (Å²) in [5.41, 5.74) is 6.38. The third kappa shape index (κ3) is 3.22. The molecule has 4 nitrogen and oxygen atoms in total. The Hall–Kier alpha value is -1.40. The SMILES string of the molecule is CCOC[C@]1(CN)[C@H](c2ccc(Cl)cc2)[C@@H]1S(=O)(=O)c1ccccc1. The van der Waals surface area contributed by atoms with E-state index in [0.29, 0.717) is 23.1 Å². The first-order valence-electron chi connectivity index (χ1n) is 8.29. The molecule has 0 aromatic heterocycles. The Morgan fingerprint density at radius 2 is 1.76 bits per heavy atom. The molecule has 1 fully saturated rings. The fourth-order valence-corrected chi connectivity index (χ4v) is 6.23. The molecule has 0 aliphatic heterocycles. The van der Waals surface area contributed by atoms with Crippen LogP contribution >= 0.6 is 11.6 Å². The number of hydrogen-bond donors (Lipinski definition) is 1. The van der Waals surface area contributed by atoms with Crippen molar-refractivity contribution in [2.24, 2.45) is 11.1 Å². The minimum absolute atomic E-state index is 0.202. The van der Waals surface area contributed by atoms with Crippen LogP contribution in [0.3, 0.4) is 0 Å². The largest absolute Gasteiger partial charge is 0.381 e. The number of benzene rings is 2. The van der Waals surface area contributed by atoms with Gasteiger partial charge in [-0.05, 0) is 36.8 Å². The summed E-state index contributed by atoms with van der Waals surface area (Å²) in [7, 11) is -3.52. The van der Waals surface area contributed by atoms with Gasteiger partial charge in [-0.2, -0.15) is 0 Å². The van der Waals surface area contributed by atoms with Gasteiger partial charge in [0.05, 0.1) is 16.8 Å². The lowest BCUT2D eigenvalue weighted by atomic mass is 10.00. The van der Waals surface area contributed by atoms with Crippen molar-refractivity contribution in [3.05, 3.63) is 65.2 Å². The van der Waals surface area contributed by atoms with Gasteiger partial charge in [0.15, 0.2) is 9.84 Å². The Bertz CT molecular complexity index is 824. The molecule has 2 aromatic rings. The molecule has 0 unspecified atom stereocenters. The van der Waals surface area contributed by atoms with E-state index in [1.165, 1.54) is 0 Å². The van der Waals surface area contributed by atoms with Gasteiger partial charge in [0.1, 0.15) is 0 Å². The maximum absolute atomic E-state index is 13.2. The van der Waals surface area contributed by atoms with Gasteiger partial charge in [0.25, 0.3) is 0 Å². The molecule has 1 aliphatic rings. The van der Waals surface area contributed by atoms with Crippen molar-refractivity contribution in [3.63, 3.8) is 0 Å². The average molecular weight is 380 g/mol. The van der Waals surface area contributed by atoms with E-state index in [2.05, 4.69) is 0 Å². The van der Waals surface area contributed by atoms with Crippen LogP contribution in [0.5, 0.6) is 0 Å². The van der Waals surface area contributed by atoms with Gasteiger partial charge in [-0.3, -0.25) is 0 Å². The normalized spacial score (nSPS) is 25.7. The van der Waals surface area contributed by atoms with Crippen molar-refractivity contribution in [2.75, 3.05) is 19.8 Å². The van der Waals surface area contributed by atoms with Gasteiger partial charge in [-0.25, -0.2) is 8.42 Å². The topological polar surface area (TPSA) is 69.4 Å². The molecular weight excluding hydrogens is 358 g/mol. The van der Waals surface area contributed by atoms with Crippen LogP contribution in [0.15, 0.2) is 59.5 Å². The predicted molar refractivity (Wildman–Crippen MR) is 99.6 cm³/mol. The molecular formula is C19H22ClNO3S. The number of hydrogen-bond acceptors (Lipinski definition) is 4. The van der Waals surface area contributed by atoms with Crippen LogP contribution in [0.25, 0.3) is 0 Å². The molecule has 6 heteroatoms. The minimum atomic E-state index is -3.52. The molecule has 0 spiro atoms. The monoisotopic (exact) mass is 379 g/mol. The average Bonchev–Trinajstić information content (AvgIpc) is 3.31. The fourth-order valence-electron chi connectivity index (χ4n) is 3.64. The van der Waals surface area contributed by atoms with Gasteiger partial charge >= 0.3 is 0 Å². The Kier molecular flexibility index (Phi) is 5.21. The highest BCUT2D eigenvalue weighted by Crippen LogP contribution is 2.63. The van der Waals surface area contributed by atoms with Crippen molar-refractivity contribution in [2.45, 2.75) is 23.0 Å². The predicted octanol–water partition coefficient (Wildman–Crippen LogP) is 3.26. The van der Waals surface area contributed by atoms with E-state index in [1.54, 1.807) is 42.5 Å². The molecule has 0 saturated heterocycles. The van der Waals surface area contributed by atoms with E-state index in [4.69, 9.17) is 22.1 Å². The molecule has 1 aliphatic carbocycles. The third-order valence-electron chi connectivity index (χ3n) is 4.97. The van der Waals surface area contributed by atoms with Crippen molar-refractivity contribution in [1.82, 2.24) is 0 Å². The Morgan fingerprint density at radius 1 is 1.12 bits per heavy atom. The van der Waals surface area contributed by atoms with Crippen LogP contribution in [0.1, 0.15) is 18.4 Å². The van der Waals surface area contributed by atoms with Gasteiger partial charge in [-0.1, -0.05) is 41.9 Å². The first kappa shape index (κ1) is 18.4. The Morgan fingerprint density at radius 3 is 2.32 bits per heavy atom. The first-order valence-corrected chi connectivity index (χ1v) is 10.2. The maximum atomic E-state index is 13.2. The molecule has 2 aromatic carbocycles. The summed E-state index contributed by atoms with van der Waals surface area (Å²) in [5, 5.41) is 0.0233.